The molecule has 0 fully saturated rings. The lowest BCUT2D eigenvalue weighted by Gasteiger charge is -2.13. The number of nitrogens with zero attached hydrogens (tertiary/aromatic N) is 1. The number of unbranched alkanes of at least 4 members (excludes halogenated alkanes) is 13. The second-order valence-corrected chi connectivity index (χ2v) is 8.33. The van der Waals surface area contributed by atoms with Crippen LogP contribution in [0.5, 0.6) is 0 Å². The fourth-order valence-corrected chi connectivity index (χ4v) is 4.11. The first-order valence-corrected chi connectivity index (χ1v) is 11.8. The van der Waals surface area contributed by atoms with Crippen LogP contribution in [0.25, 0.3) is 0 Å². The molecule has 0 aliphatic carbocycles. The van der Waals surface area contributed by atoms with Gasteiger partial charge in [-0.05, 0) is 12.8 Å². The van der Waals surface area contributed by atoms with Crippen LogP contribution in [-0.4, -0.2) is 4.98 Å². The zero-order valence-corrected chi connectivity index (χ0v) is 18.2. The predicted octanol–water partition coefficient (Wildman–Crippen LogP) is 7.59. The van der Waals surface area contributed by atoms with Crippen molar-refractivity contribution >= 4 is 0 Å². The molecule has 0 aliphatic rings. The van der Waals surface area contributed by atoms with E-state index in [4.69, 9.17) is 0 Å². The summed E-state index contributed by atoms with van der Waals surface area (Å²) in [6.45, 7) is 4.60. The third kappa shape index (κ3) is 11.0. The van der Waals surface area contributed by atoms with Gasteiger partial charge >= 0.3 is 0 Å². The van der Waals surface area contributed by atoms with Crippen LogP contribution in [-0.2, 0) is 7.05 Å². The normalized spacial score (nSPS) is 12.6. The topological polar surface area (TPSA) is 19.7 Å². The smallest absolute Gasteiger partial charge is 0.247 e. The van der Waals surface area contributed by atoms with E-state index in [0.29, 0.717) is 0 Å². The van der Waals surface area contributed by atoms with Gasteiger partial charge in [-0.3, -0.25) is 0 Å². The molecule has 1 aromatic heterocycles. The number of H-pyrrole nitrogens is 1. The Hall–Kier alpha value is -0.790. The van der Waals surface area contributed by atoms with Gasteiger partial charge in [0, 0.05) is 0 Å². The molecule has 1 rings (SSSR count). The number of aromatic nitrogens is 2. The minimum atomic E-state index is 0.728. The van der Waals surface area contributed by atoms with Crippen molar-refractivity contribution in [3.63, 3.8) is 0 Å². The molecule has 0 spiro atoms. The van der Waals surface area contributed by atoms with E-state index in [1.54, 1.807) is 0 Å². The Kier molecular flexibility index (Phi) is 14.7. The Morgan fingerprint density at radius 1 is 0.692 bits per heavy atom. The van der Waals surface area contributed by atoms with Crippen LogP contribution in [0.4, 0.5) is 0 Å². The molecule has 1 N–H and O–H groups in total. The Morgan fingerprint density at radius 3 is 1.50 bits per heavy atom. The van der Waals surface area contributed by atoms with E-state index in [-0.39, 0.29) is 0 Å². The summed E-state index contributed by atoms with van der Waals surface area (Å²) in [5.74, 6) is 2.17. The maximum Gasteiger partial charge on any atom is 0.257 e. The first-order chi connectivity index (χ1) is 12.8. The van der Waals surface area contributed by atoms with Crippen molar-refractivity contribution in [2.45, 2.75) is 129 Å². The van der Waals surface area contributed by atoms with Crippen LogP contribution in [0, 0.1) is 0 Å². The van der Waals surface area contributed by atoms with Crippen molar-refractivity contribution < 1.29 is 4.57 Å². The molecule has 0 amide bonds. The monoisotopic (exact) mass is 363 g/mol. The Bertz CT molecular complexity index is 410. The molecule has 26 heavy (non-hydrogen) atoms. The van der Waals surface area contributed by atoms with Gasteiger partial charge in [0.1, 0.15) is 12.4 Å². The average molecular weight is 364 g/mol. The molecule has 0 aliphatic heterocycles. The molecule has 1 aromatic rings. The molecular formula is C24H47N2+. The Labute approximate surface area is 164 Å². The van der Waals surface area contributed by atoms with Crippen molar-refractivity contribution in [3.8, 4) is 0 Å². The van der Waals surface area contributed by atoms with Gasteiger partial charge in [0.15, 0.2) is 0 Å². The number of aromatic amines is 1. The molecule has 1 atom stereocenters. The maximum atomic E-state index is 3.51. The number of hydrogen-bond donors (Lipinski definition) is 1. The summed E-state index contributed by atoms with van der Waals surface area (Å²) < 4.78 is 2.30. The second-order valence-electron chi connectivity index (χ2n) is 8.33. The summed E-state index contributed by atoms with van der Waals surface area (Å²) in [7, 11) is 2.19. The lowest BCUT2D eigenvalue weighted by atomic mass is 9.93. The van der Waals surface area contributed by atoms with E-state index in [2.05, 4.69) is 42.8 Å². The van der Waals surface area contributed by atoms with Gasteiger partial charge in [-0.1, -0.05) is 110 Å². The molecule has 1 heterocycles. The highest BCUT2D eigenvalue weighted by molar-refractivity contribution is 4.89. The van der Waals surface area contributed by atoms with E-state index in [1.807, 2.05) is 0 Å². The van der Waals surface area contributed by atoms with Gasteiger partial charge in [-0.2, -0.15) is 0 Å². The van der Waals surface area contributed by atoms with Crippen LogP contribution >= 0.6 is 0 Å². The lowest BCUT2D eigenvalue weighted by molar-refractivity contribution is -0.679. The van der Waals surface area contributed by atoms with Crippen LogP contribution in [0.15, 0.2) is 12.4 Å². The first kappa shape index (κ1) is 23.2. The molecule has 152 valence electrons. The van der Waals surface area contributed by atoms with Crippen molar-refractivity contribution in [2.24, 2.45) is 7.05 Å². The largest absolute Gasteiger partial charge is 0.257 e. The van der Waals surface area contributed by atoms with Crippen LogP contribution in [0.1, 0.15) is 135 Å². The quantitative estimate of drug-likeness (QED) is 0.205. The molecule has 0 saturated heterocycles. The number of aryl methyl sites for hydroxylation is 1. The SMILES string of the molecule is CCCCCCCCCC[C@H](CCCCCCCCC)c1[nH]cc[n+]1C. The predicted molar refractivity (Wildman–Crippen MR) is 115 cm³/mol. The summed E-state index contributed by atoms with van der Waals surface area (Å²) in [4.78, 5) is 3.51. The van der Waals surface area contributed by atoms with Gasteiger partial charge < -0.3 is 0 Å². The summed E-state index contributed by atoms with van der Waals surface area (Å²) in [6, 6.07) is 0. The molecule has 2 heteroatoms. The number of rotatable bonds is 18. The first-order valence-electron chi connectivity index (χ1n) is 11.8. The highest BCUT2D eigenvalue weighted by atomic mass is 15.0. The minimum Gasteiger partial charge on any atom is -0.247 e. The number of imidazole rings is 1. The van der Waals surface area contributed by atoms with Crippen LogP contribution < -0.4 is 4.57 Å². The standard InChI is InChI=1S/C24H46N2/c1-4-6-8-10-12-14-16-18-20-23(24-25-21-22-26(24)3)19-17-15-13-11-9-7-5-2/h21-23H,4-20H2,1-3H3/p+1/t23-/m0/s1. The highest BCUT2D eigenvalue weighted by Gasteiger charge is 2.20. The van der Waals surface area contributed by atoms with E-state index in [1.165, 1.54) is 115 Å². The fraction of sp³-hybridized carbons (Fsp3) is 0.875. The Balaban J connectivity index is 2.20. The summed E-state index contributed by atoms with van der Waals surface area (Å²) in [5.41, 5.74) is 0. The maximum absolute atomic E-state index is 3.51. The highest BCUT2D eigenvalue weighted by Crippen LogP contribution is 2.26. The molecule has 2 nitrogen and oxygen atoms in total. The minimum absolute atomic E-state index is 0.728. The summed E-state index contributed by atoms with van der Waals surface area (Å²) in [6.07, 6.45) is 28.2. The van der Waals surface area contributed by atoms with Gasteiger partial charge in [0.2, 0.25) is 0 Å². The molecule has 0 radical (unpaired) electrons. The van der Waals surface area contributed by atoms with E-state index in [0.717, 1.165) is 5.92 Å². The van der Waals surface area contributed by atoms with Crippen molar-refractivity contribution in [2.75, 3.05) is 0 Å². The summed E-state index contributed by atoms with van der Waals surface area (Å²) >= 11 is 0. The number of hydrogen-bond acceptors (Lipinski definition) is 0. The molecule has 0 saturated carbocycles. The third-order valence-corrected chi connectivity index (χ3v) is 5.86. The molecule has 0 aromatic carbocycles. The van der Waals surface area contributed by atoms with E-state index >= 15 is 0 Å². The molecular weight excluding hydrogens is 316 g/mol. The van der Waals surface area contributed by atoms with Gasteiger partial charge in [-0.25, -0.2) is 9.55 Å². The van der Waals surface area contributed by atoms with Gasteiger partial charge in [-0.15, -0.1) is 0 Å². The van der Waals surface area contributed by atoms with E-state index < -0.39 is 0 Å². The summed E-state index contributed by atoms with van der Waals surface area (Å²) in [5, 5.41) is 0. The van der Waals surface area contributed by atoms with Gasteiger partial charge in [0.05, 0.1) is 13.0 Å². The second kappa shape index (κ2) is 16.4. The van der Waals surface area contributed by atoms with Crippen LogP contribution in [0.2, 0.25) is 0 Å². The molecule has 0 unspecified atom stereocenters. The van der Waals surface area contributed by atoms with Crippen molar-refractivity contribution in [1.82, 2.24) is 4.98 Å². The zero-order valence-electron chi connectivity index (χ0n) is 18.2. The fourth-order valence-electron chi connectivity index (χ4n) is 4.11. The average Bonchev–Trinajstić information content (AvgIpc) is 3.07. The van der Waals surface area contributed by atoms with Crippen molar-refractivity contribution in [3.05, 3.63) is 18.2 Å². The Morgan fingerprint density at radius 2 is 1.12 bits per heavy atom. The third-order valence-electron chi connectivity index (χ3n) is 5.86. The number of nitrogens with one attached hydrogen (secondary N) is 1. The molecule has 0 bridgehead atoms. The lowest BCUT2D eigenvalue weighted by Crippen LogP contribution is -2.32. The van der Waals surface area contributed by atoms with Crippen LogP contribution in [0.3, 0.4) is 0 Å². The van der Waals surface area contributed by atoms with E-state index in [9.17, 15) is 0 Å². The van der Waals surface area contributed by atoms with Crippen molar-refractivity contribution in [1.29, 1.82) is 0 Å². The zero-order chi connectivity index (χ0) is 18.9. The van der Waals surface area contributed by atoms with Gasteiger partial charge in [0.25, 0.3) is 5.82 Å².